The van der Waals surface area contributed by atoms with E-state index in [0.717, 1.165) is 18.2 Å². The first-order valence-electron chi connectivity index (χ1n) is 8.71. The van der Waals surface area contributed by atoms with Gasteiger partial charge in [-0.3, -0.25) is 4.79 Å². The van der Waals surface area contributed by atoms with Crippen molar-refractivity contribution in [3.05, 3.63) is 65.5 Å². The van der Waals surface area contributed by atoms with Gasteiger partial charge in [-0.2, -0.15) is 0 Å². The minimum absolute atomic E-state index is 0.00497. The van der Waals surface area contributed by atoms with Gasteiger partial charge in [0.05, 0.1) is 5.56 Å². The first-order chi connectivity index (χ1) is 12.9. The summed E-state index contributed by atoms with van der Waals surface area (Å²) in [4.78, 5) is 13.9. The van der Waals surface area contributed by atoms with Crippen molar-refractivity contribution in [1.82, 2.24) is 4.90 Å². The van der Waals surface area contributed by atoms with E-state index in [-0.39, 0.29) is 31.0 Å². The Balaban J connectivity index is 1.63. The number of carbonyl (C=O) groups excluding carboxylic acids is 1. The molecule has 1 heterocycles. The second-order valence-corrected chi connectivity index (χ2v) is 6.74. The summed E-state index contributed by atoms with van der Waals surface area (Å²) in [6.07, 6.45) is 1.12. The molecule has 2 aromatic carbocycles. The number of hydrogen-bond donors (Lipinski definition) is 1. The second-order valence-electron chi connectivity index (χ2n) is 6.74. The Morgan fingerprint density at radius 1 is 1.04 bits per heavy atom. The summed E-state index contributed by atoms with van der Waals surface area (Å²) < 4.78 is 45.7. The average molecular weight is 379 g/mol. The van der Waals surface area contributed by atoms with Crippen LogP contribution in [0.4, 0.5) is 13.2 Å². The van der Waals surface area contributed by atoms with Crippen molar-refractivity contribution >= 4 is 5.91 Å². The van der Waals surface area contributed by atoms with E-state index in [1.807, 2.05) is 0 Å². The molecular formula is C20H20F3NO3. The lowest BCUT2D eigenvalue weighted by Crippen LogP contribution is -2.38. The number of benzene rings is 2. The molecule has 27 heavy (non-hydrogen) atoms. The van der Waals surface area contributed by atoms with E-state index in [9.17, 15) is 23.1 Å². The van der Waals surface area contributed by atoms with Crippen LogP contribution in [0.5, 0.6) is 5.75 Å². The highest BCUT2D eigenvalue weighted by molar-refractivity contribution is 5.94. The van der Waals surface area contributed by atoms with Crippen LogP contribution in [0, 0.1) is 17.5 Å². The fourth-order valence-corrected chi connectivity index (χ4v) is 3.11. The zero-order valence-electron chi connectivity index (χ0n) is 14.6. The second kappa shape index (κ2) is 8.00. The third-order valence-corrected chi connectivity index (χ3v) is 4.68. The largest absolute Gasteiger partial charge is 0.491 e. The number of nitrogens with zero attached hydrogens (tertiary/aromatic N) is 1. The van der Waals surface area contributed by atoms with Crippen molar-refractivity contribution in [1.29, 1.82) is 0 Å². The highest BCUT2D eigenvalue weighted by Crippen LogP contribution is 2.25. The fourth-order valence-electron chi connectivity index (χ4n) is 3.11. The SMILES string of the molecule is O=C(c1cc(F)ccc1F)N1CCCC(O)(COc2ccc(F)cc2)CC1. The Hall–Kier alpha value is -2.54. The summed E-state index contributed by atoms with van der Waals surface area (Å²) in [6.45, 7) is 0.515. The van der Waals surface area contributed by atoms with Gasteiger partial charge in [0, 0.05) is 13.1 Å². The molecule has 0 spiro atoms. The molecule has 1 aliphatic rings. The van der Waals surface area contributed by atoms with Crippen molar-refractivity contribution in [2.24, 2.45) is 0 Å². The molecule has 1 aliphatic heterocycles. The number of hydrogen-bond acceptors (Lipinski definition) is 3. The van der Waals surface area contributed by atoms with Gasteiger partial charge in [-0.05, 0) is 61.7 Å². The van der Waals surface area contributed by atoms with E-state index in [1.165, 1.54) is 29.2 Å². The first kappa shape index (κ1) is 19.2. The van der Waals surface area contributed by atoms with Crippen LogP contribution in [-0.4, -0.2) is 41.2 Å². The van der Waals surface area contributed by atoms with Gasteiger partial charge in [-0.1, -0.05) is 0 Å². The van der Waals surface area contributed by atoms with Crippen LogP contribution in [0.15, 0.2) is 42.5 Å². The molecule has 144 valence electrons. The van der Waals surface area contributed by atoms with E-state index in [0.29, 0.717) is 25.1 Å². The van der Waals surface area contributed by atoms with Crippen LogP contribution in [0.1, 0.15) is 29.6 Å². The average Bonchev–Trinajstić information content (AvgIpc) is 2.85. The molecule has 7 heteroatoms. The topological polar surface area (TPSA) is 49.8 Å². The van der Waals surface area contributed by atoms with Crippen LogP contribution in [0.3, 0.4) is 0 Å². The molecule has 0 radical (unpaired) electrons. The van der Waals surface area contributed by atoms with Crippen LogP contribution >= 0.6 is 0 Å². The molecule has 1 N–H and O–H groups in total. The molecule has 0 aliphatic carbocycles. The van der Waals surface area contributed by atoms with Gasteiger partial charge in [0.1, 0.15) is 35.4 Å². The molecular weight excluding hydrogens is 359 g/mol. The van der Waals surface area contributed by atoms with E-state index >= 15 is 0 Å². The number of amides is 1. The third kappa shape index (κ3) is 4.80. The Bertz CT molecular complexity index is 813. The van der Waals surface area contributed by atoms with E-state index < -0.39 is 23.1 Å². The summed E-state index contributed by atoms with van der Waals surface area (Å²) in [7, 11) is 0. The molecule has 1 saturated heterocycles. The Morgan fingerprint density at radius 2 is 1.74 bits per heavy atom. The highest BCUT2D eigenvalue weighted by Gasteiger charge is 2.33. The molecule has 0 aromatic heterocycles. The summed E-state index contributed by atoms with van der Waals surface area (Å²) in [6, 6.07) is 8.23. The molecule has 2 aromatic rings. The molecule has 1 unspecified atom stereocenters. The Kier molecular flexibility index (Phi) is 5.70. The van der Waals surface area contributed by atoms with Crippen LogP contribution < -0.4 is 4.74 Å². The molecule has 0 bridgehead atoms. The van der Waals surface area contributed by atoms with Gasteiger partial charge in [0.2, 0.25) is 0 Å². The normalized spacial score (nSPS) is 20.2. The molecule has 1 amide bonds. The molecule has 0 saturated carbocycles. The van der Waals surface area contributed by atoms with Gasteiger partial charge in [0.25, 0.3) is 5.91 Å². The molecule has 1 fully saturated rings. The monoisotopic (exact) mass is 379 g/mol. The zero-order valence-corrected chi connectivity index (χ0v) is 14.6. The van der Waals surface area contributed by atoms with E-state index in [2.05, 4.69) is 0 Å². The van der Waals surface area contributed by atoms with Crippen molar-refractivity contribution < 1.29 is 27.8 Å². The van der Waals surface area contributed by atoms with E-state index in [4.69, 9.17) is 4.74 Å². The summed E-state index contributed by atoms with van der Waals surface area (Å²) in [5.41, 5.74) is -1.48. The first-order valence-corrected chi connectivity index (χ1v) is 8.71. The predicted molar refractivity (Wildman–Crippen MR) is 93.0 cm³/mol. The number of aliphatic hydroxyl groups is 1. The smallest absolute Gasteiger partial charge is 0.256 e. The van der Waals surface area contributed by atoms with E-state index in [1.54, 1.807) is 0 Å². The van der Waals surface area contributed by atoms with Gasteiger partial charge >= 0.3 is 0 Å². The Morgan fingerprint density at radius 3 is 2.48 bits per heavy atom. The zero-order chi connectivity index (χ0) is 19.4. The van der Waals surface area contributed by atoms with Crippen LogP contribution in [-0.2, 0) is 0 Å². The Labute approximate surface area is 155 Å². The van der Waals surface area contributed by atoms with Crippen molar-refractivity contribution in [2.45, 2.75) is 24.9 Å². The number of ether oxygens (including phenoxy) is 1. The highest BCUT2D eigenvalue weighted by atomic mass is 19.1. The summed E-state index contributed by atoms with van der Waals surface area (Å²) >= 11 is 0. The molecule has 4 nitrogen and oxygen atoms in total. The minimum Gasteiger partial charge on any atom is -0.491 e. The lowest BCUT2D eigenvalue weighted by molar-refractivity contribution is -0.0163. The van der Waals surface area contributed by atoms with Crippen LogP contribution in [0.2, 0.25) is 0 Å². The number of halogens is 3. The molecule has 1 atom stereocenters. The van der Waals surface area contributed by atoms with Gasteiger partial charge in [-0.25, -0.2) is 13.2 Å². The minimum atomic E-state index is -1.16. The fraction of sp³-hybridized carbons (Fsp3) is 0.350. The van der Waals surface area contributed by atoms with Gasteiger partial charge in [-0.15, -0.1) is 0 Å². The third-order valence-electron chi connectivity index (χ3n) is 4.68. The number of carbonyl (C=O) groups is 1. The summed E-state index contributed by atoms with van der Waals surface area (Å²) in [5.74, 6) is -2.01. The van der Waals surface area contributed by atoms with Gasteiger partial charge in [0.15, 0.2) is 0 Å². The molecule has 3 rings (SSSR count). The van der Waals surface area contributed by atoms with Crippen LogP contribution in [0.25, 0.3) is 0 Å². The number of rotatable bonds is 4. The maximum atomic E-state index is 13.9. The quantitative estimate of drug-likeness (QED) is 0.884. The maximum absolute atomic E-state index is 13.9. The lowest BCUT2D eigenvalue weighted by Gasteiger charge is -2.27. The van der Waals surface area contributed by atoms with Crippen molar-refractivity contribution in [3.8, 4) is 5.75 Å². The van der Waals surface area contributed by atoms with Crippen molar-refractivity contribution in [3.63, 3.8) is 0 Å². The maximum Gasteiger partial charge on any atom is 0.256 e. The van der Waals surface area contributed by atoms with Gasteiger partial charge < -0.3 is 14.7 Å². The lowest BCUT2D eigenvalue weighted by atomic mass is 9.96. The number of likely N-dealkylation sites (tertiary alicyclic amines) is 1. The summed E-state index contributed by atoms with van der Waals surface area (Å²) in [5, 5.41) is 10.8. The van der Waals surface area contributed by atoms with Crippen molar-refractivity contribution in [2.75, 3.05) is 19.7 Å². The standard InChI is InChI=1S/C20H20F3NO3/c21-14-2-5-16(6-3-14)27-13-20(26)8-1-10-24(11-9-20)19(25)17-12-15(22)4-7-18(17)23/h2-7,12,26H,1,8-11,13H2. The predicted octanol–water partition coefficient (Wildman–Crippen LogP) is 3.54.